The Morgan fingerprint density at radius 1 is 1.53 bits per heavy atom. The predicted molar refractivity (Wildman–Crippen MR) is 66.2 cm³/mol. The largest absolute Gasteiger partial charge is 0.381 e. The summed E-state index contributed by atoms with van der Waals surface area (Å²) in [7, 11) is 0. The number of ether oxygens (including phenoxy) is 1. The van der Waals surface area contributed by atoms with Crippen molar-refractivity contribution in [3.63, 3.8) is 0 Å². The summed E-state index contributed by atoms with van der Waals surface area (Å²) >= 11 is 0. The van der Waals surface area contributed by atoms with Crippen LogP contribution in [0.3, 0.4) is 0 Å². The van der Waals surface area contributed by atoms with E-state index in [-0.39, 0.29) is 5.69 Å². The molecule has 1 aliphatic heterocycles. The topological polar surface area (TPSA) is 47.0 Å². The van der Waals surface area contributed by atoms with Crippen LogP contribution < -0.4 is 5.69 Å². The van der Waals surface area contributed by atoms with Crippen molar-refractivity contribution in [1.82, 2.24) is 9.55 Å². The van der Waals surface area contributed by atoms with Crippen LogP contribution in [0.2, 0.25) is 0 Å². The maximum Gasteiger partial charge on any atom is 0.326 e. The highest BCUT2D eigenvalue weighted by molar-refractivity contribution is 5.78. The van der Waals surface area contributed by atoms with Crippen LogP contribution >= 0.6 is 0 Å². The highest BCUT2D eigenvalue weighted by Crippen LogP contribution is 2.19. The summed E-state index contributed by atoms with van der Waals surface area (Å²) in [6.07, 6.45) is 1.05. The minimum atomic E-state index is -0.0128. The Labute approximate surface area is 99.2 Å². The molecule has 1 aromatic carbocycles. The van der Waals surface area contributed by atoms with E-state index < -0.39 is 0 Å². The third kappa shape index (κ3) is 1.78. The van der Waals surface area contributed by atoms with Crippen LogP contribution in [0.15, 0.2) is 23.0 Å². The third-order valence-electron chi connectivity index (χ3n) is 3.46. The molecule has 1 atom stereocenters. The molecule has 1 saturated heterocycles. The number of rotatable bonds is 2. The monoisotopic (exact) mass is 232 g/mol. The maximum absolute atomic E-state index is 11.9. The van der Waals surface area contributed by atoms with Crippen molar-refractivity contribution >= 4 is 11.0 Å². The molecule has 2 heterocycles. The number of para-hydroxylation sites is 1. The van der Waals surface area contributed by atoms with Crippen LogP contribution in [-0.4, -0.2) is 22.8 Å². The van der Waals surface area contributed by atoms with Crippen molar-refractivity contribution in [1.29, 1.82) is 0 Å². The van der Waals surface area contributed by atoms with E-state index in [0.29, 0.717) is 5.92 Å². The zero-order chi connectivity index (χ0) is 11.8. The summed E-state index contributed by atoms with van der Waals surface area (Å²) in [6, 6.07) is 5.96. The fourth-order valence-electron chi connectivity index (χ4n) is 2.56. The van der Waals surface area contributed by atoms with Gasteiger partial charge < -0.3 is 9.72 Å². The molecule has 90 valence electrons. The summed E-state index contributed by atoms with van der Waals surface area (Å²) in [6.45, 7) is 4.38. The lowest BCUT2D eigenvalue weighted by atomic mass is 10.1. The summed E-state index contributed by atoms with van der Waals surface area (Å²) in [5, 5.41) is 0. The molecule has 0 amide bonds. The average molecular weight is 232 g/mol. The molecule has 0 spiro atoms. The fraction of sp³-hybridized carbons (Fsp3) is 0.462. The first-order chi connectivity index (χ1) is 8.25. The molecule has 1 fully saturated rings. The molecular formula is C13H16N2O2. The van der Waals surface area contributed by atoms with Crippen molar-refractivity contribution in [2.45, 2.75) is 19.9 Å². The molecule has 0 radical (unpaired) electrons. The number of hydrogen-bond donors (Lipinski definition) is 1. The van der Waals surface area contributed by atoms with Crippen LogP contribution in [0.25, 0.3) is 11.0 Å². The molecule has 4 heteroatoms. The summed E-state index contributed by atoms with van der Waals surface area (Å²) in [5.74, 6) is 0.464. The van der Waals surface area contributed by atoms with Gasteiger partial charge in [0.25, 0.3) is 0 Å². The standard InChI is InChI=1S/C13H16N2O2/c1-9-3-2-4-11-12(9)15(13(16)14-11)7-10-5-6-17-8-10/h2-4,10H,5-8H2,1H3,(H,14,16). The van der Waals surface area contributed by atoms with Crippen LogP contribution in [0.1, 0.15) is 12.0 Å². The molecule has 0 bridgehead atoms. The second-order valence-electron chi connectivity index (χ2n) is 4.74. The Morgan fingerprint density at radius 3 is 3.18 bits per heavy atom. The van der Waals surface area contributed by atoms with Gasteiger partial charge in [0.2, 0.25) is 0 Å². The zero-order valence-corrected chi connectivity index (χ0v) is 9.90. The Morgan fingerprint density at radius 2 is 2.41 bits per heavy atom. The van der Waals surface area contributed by atoms with Crippen molar-refractivity contribution in [2.75, 3.05) is 13.2 Å². The number of hydrogen-bond acceptors (Lipinski definition) is 2. The minimum Gasteiger partial charge on any atom is -0.381 e. The molecule has 2 aromatic rings. The molecule has 4 nitrogen and oxygen atoms in total. The summed E-state index contributed by atoms with van der Waals surface area (Å²) in [5.41, 5.74) is 3.08. The van der Waals surface area contributed by atoms with Gasteiger partial charge in [-0.2, -0.15) is 0 Å². The van der Waals surface area contributed by atoms with Gasteiger partial charge in [-0.1, -0.05) is 12.1 Å². The Balaban J connectivity index is 2.08. The van der Waals surface area contributed by atoms with E-state index in [1.54, 1.807) is 0 Å². The van der Waals surface area contributed by atoms with E-state index in [1.165, 1.54) is 0 Å². The van der Waals surface area contributed by atoms with Gasteiger partial charge in [0, 0.05) is 19.1 Å². The zero-order valence-electron chi connectivity index (χ0n) is 9.90. The molecule has 1 aliphatic rings. The number of H-pyrrole nitrogens is 1. The lowest BCUT2D eigenvalue weighted by molar-refractivity contribution is 0.182. The van der Waals surface area contributed by atoms with E-state index in [9.17, 15) is 4.79 Å². The van der Waals surface area contributed by atoms with Gasteiger partial charge in [-0.15, -0.1) is 0 Å². The number of benzene rings is 1. The Hall–Kier alpha value is -1.55. The molecule has 0 saturated carbocycles. The maximum atomic E-state index is 11.9. The normalized spacial score (nSPS) is 20.2. The van der Waals surface area contributed by atoms with E-state index in [4.69, 9.17) is 4.74 Å². The lowest BCUT2D eigenvalue weighted by Gasteiger charge is -2.09. The number of nitrogens with one attached hydrogen (secondary N) is 1. The first kappa shape index (κ1) is 10.6. The molecule has 1 N–H and O–H groups in total. The molecular weight excluding hydrogens is 216 g/mol. The van der Waals surface area contributed by atoms with E-state index in [2.05, 4.69) is 4.98 Å². The van der Waals surface area contributed by atoms with Crippen LogP contribution in [-0.2, 0) is 11.3 Å². The number of aryl methyl sites for hydroxylation is 1. The molecule has 17 heavy (non-hydrogen) atoms. The van der Waals surface area contributed by atoms with Gasteiger partial charge in [0.15, 0.2) is 0 Å². The Kier molecular flexibility index (Phi) is 2.52. The van der Waals surface area contributed by atoms with Gasteiger partial charge in [0.05, 0.1) is 17.6 Å². The predicted octanol–water partition coefficient (Wildman–Crippen LogP) is 1.67. The van der Waals surface area contributed by atoms with Gasteiger partial charge in [-0.3, -0.25) is 4.57 Å². The van der Waals surface area contributed by atoms with Crippen LogP contribution in [0.5, 0.6) is 0 Å². The number of fused-ring (bicyclic) bond motifs is 1. The first-order valence-corrected chi connectivity index (χ1v) is 6.01. The molecule has 1 aromatic heterocycles. The summed E-state index contributed by atoms with van der Waals surface area (Å²) in [4.78, 5) is 14.9. The van der Waals surface area contributed by atoms with Gasteiger partial charge >= 0.3 is 5.69 Å². The quantitative estimate of drug-likeness (QED) is 0.856. The Bertz CT molecular complexity index is 591. The average Bonchev–Trinajstić information content (AvgIpc) is 2.89. The van der Waals surface area contributed by atoms with Gasteiger partial charge in [-0.05, 0) is 25.0 Å². The third-order valence-corrected chi connectivity index (χ3v) is 3.46. The van der Waals surface area contributed by atoms with Crippen molar-refractivity contribution in [3.05, 3.63) is 34.2 Å². The number of aromatic nitrogens is 2. The van der Waals surface area contributed by atoms with E-state index in [0.717, 1.165) is 42.8 Å². The van der Waals surface area contributed by atoms with Crippen molar-refractivity contribution in [3.8, 4) is 0 Å². The minimum absolute atomic E-state index is 0.0128. The highest BCUT2D eigenvalue weighted by Gasteiger charge is 2.19. The van der Waals surface area contributed by atoms with E-state index in [1.807, 2.05) is 29.7 Å². The number of aromatic amines is 1. The second-order valence-corrected chi connectivity index (χ2v) is 4.74. The molecule has 0 aliphatic carbocycles. The van der Waals surface area contributed by atoms with Crippen molar-refractivity contribution in [2.24, 2.45) is 5.92 Å². The number of nitrogens with zero attached hydrogens (tertiary/aromatic N) is 1. The van der Waals surface area contributed by atoms with Gasteiger partial charge in [0.1, 0.15) is 0 Å². The highest BCUT2D eigenvalue weighted by atomic mass is 16.5. The SMILES string of the molecule is Cc1cccc2[nH]c(=O)n(CC3CCOC3)c12. The van der Waals surface area contributed by atoms with Crippen LogP contribution in [0, 0.1) is 12.8 Å². The van der Waals surface area contributed by atoms with E-state index >= 15 is 0 Å². The summed E-state index contributed by atoms with van der Waals surface area (Å²) < 4.78 is 7.21. The van der Waals surface area contributed by atoms with Crippen molar-refractivity contribution < 1.29 is 4.74 Å². The van der Waals surface area contributed by atoms with Crippen LogP contribution in [0.4, 0.5) is 0 Å². The molecule has 3 rings (SSSR count). The fourth-order valence-corrected chi connectivity index (χ4v) is 2.56. The first-order valence-electron chi connectivity index (χ1n) is 6.01. The second kappa shape index (κ2) is 4.04. The molecule has 1 unspecified atom stereocenters. The smallest absolute Gasteiger partial charge is 0.326 e. The lowest BCUT2D eigenvalue weighted by Crippen LogP contribution is -2.22. The number of imidazole rings is 1. The van der Waals surface area contributed by atoms with Gasteiger partial charge in [-0.25, -0.2) is 4.79 Å².